The molecule has 3 rings (SSSR count). The molecule has 1 amide bonds. The van der Waals surface area contributed by atoms with Gasteiger partial charge >= 0.3 is 5.97 Å². The predicted molar refractivity (Wildman–Crippen MR) is 106 cm³/mol. The number of carbonyl (C=O) groups is 2. The minimum Gasteiger partial charge on any atom is -0.493 e. The number of hydrogen-bond acceptors (Lipinski definition) is 5. The molecule has 1 heterocycles. The van der Waals surface area contributed by atoms with Gasteiger partial charge in [0.05, 0.1) is 19.3 Å². The van der Waals surface area contributed by atoms with Crippen LogP contribution in [0.1, 0.15) is 36.7 Å². The molecule has 28 heavy (non-hydrogen) atoms. The molecule has 0 aliphatic carbocycles. The van der Waals surface area contributed by atoms with Gasteiger partial charge in [0.15, 0.2) is 17.6 Å². The quantitative estimate of drug-likeness (QED) is 0.713. The van der Waals surface area contributed by atoms with E-state index >= 15 is 0 Å². The van der Waals surface area contributed by atoms with Crippen molar-refractivity contribution in [3.05, 3.63) is 53.6 Å². The molecule has 2 aromatic carbocycles. The second kappa shape index (κ2) is 8.33. The molecule has 0 spiro atoms. The third-order valence-electron chi connectivity index (χ3n) is 4.78. The minimum atomic E-state index is -0.904. The van der Waals surface area contributed by atoms with Crippen molar-refractivity contribution >= 4 is 17.6 Å². The summed E-state index contributed by atoms with van der Waals surface area (Å²) < 4.78 is 16.2. The second-order valence-electron chi connectivity index (χ2n) is 6.74. The van der Waals surface area contributed by atoms with Gasteiger partial charge in [0, 0.05) is 11.7 Å². The fraction of sp³-hybridized carbons (Fsp3) is 0.364. The molecular weight excluding hydrogens is 358 g/mol. The van der Waals surface area contributed by atoms with Gasteiger partial charge in [-0.3, -0.25) is 4.79 Å². The van der Waals surface area contributed by atoms with Crippen molar-refractivity contribution in [2.75, 3.05) is 18.6 Å². The van der Waals surface area contributed by atoms with Crippen molar-refractivity contribution in [2.24, 2.45) is 0 Å². The maximum atomic E-state index is 13.0. The summed E-state index contributed by atoms with van der Waals surface area (Å²) in [6, 6.07) is 12.6. The van der Waals surface area contributed by atoms with E-state index in [9.17, 15) is 9.59 Å². The summed E-state index contributed by atoms with van der Waals surface area (Å²) in [5, 5.41) is 0. The smallest absolute Gasteiger partial charge is 0.339 e. The van der Waals surface area contributed by atoms with Gasteiger partial charge in [0.1, 0.15) is 0 Å². The highest BCUT2D eigenvalue weighted by Gasteiger charge is 2.34. The molecule has 0 fully saturated rings. The number of amides is 1. The summed E-state index contributed by atoms with van der Waals surface area (Å²) in [7, 11) is 1.53. The first kappa shape index (κ1) is 19.7. The lowest BCUT2D eigenvalue weighted by atomic mass is 10.1. The maximum Gasteiger partial charge on any atom is 0.339 e. The van der Waals surface area contributed by atoms with Gasteiger partial charge in [-0.2, -0.15) is 0 Å². The largest absolute Gasteiger partial charge is 0.493 e. The molecule has 0 N–H and O–H groups in total. The van der Waals surface area contributed by atoms with Crippen molar-refractivity contribution < 1.29 is 23.8 Å². The van der Waals surface area contributed by atoms with Crippen LogP contribution >= 0.6 is 0 Å². The highest BCUT2D eigenvalue weighted by atomic mass is 16.5. The molecule has 0 saturated carbocycles. The number of para-hydroxylation sites is 1. The van der Waals surface area contributed by atoms with Gasteiger partial charge in [-0.1, -0.05) is 18.2 Å². The molecule has 1 aliphatic rings. The lowest BCUT2D eigenvalue weighted by Crippen LogP contribution is -2.43. The zero-order valence-electron chi connectivity index (χ0n) is 16.6. The molecule has 148 valence electrons. The highest BCUT2D eigenvalue weighted by Crippen LogP contribution is 2.33. The van der Waals surface area contributed by atoms with E-state index in [0.29, 0.717) is 23.7 Å². The second-order valence-corrected chi connectivity index (χ2v) is 6.74. The maximum absolute atomic E-state index is 13.0. The van der Waals surface area contributed by atoms with E-state index in [0.717, 1.165) is 17.7 Å². The number of anilines is 1. The summed E-state index contributed by atoms with van der Waals surface area (Å²) in [5.74, 6) is 0.180. The number of esters is 1. The van der Waals surface area contributed by atoms with E-state index in [-0.39, 0.29) is 11.9 Å². The SMILES string of the molecule is CCOc1cc(C(=O)O[C@H](C)C(=O)N2c3ccccc3C[C@H]2C)ccc1OC. The van der Waals surface area contributed by atoms with E-state index in [1.807, 2.05) is 38.1 Å². The third-order valence-corrected chi connectivity index (χ3v) is 4.78. The van der Waals surface area contributed by atoms with Crippen LogP contribution in [0, 0.1) is 0 Å². The van der Waals surface area contributed by atoms with Gasteiger partial charge in [-0.15, -0.1) is 0 Å². The van der Waals surface area contributed by atoms with Gasteiger partial charge in [0.25, 0.3) is 5.91 Å². The molecule has 0 aromatic heterocycles. The Labute approximate surface area is 165 Å². The molecule has 2 aromatic rings. The molecule has 6 heteroatoms. The van der Waals surface area contributed by atoms with E-state index in [2.05, 4.69) is 0 Å². The Kier molecular flexibility index (Phi) is 5.87. The Bertz CT molecular complexity index is 879. The third kappa shape index (κ3) is 3.81. The number of benzene rings is 2. The molecule has 0 radical (unpaired) electrons. The Balaban J connectivity index is 1.74. The molecular formula is C22H25NO5. The number of fused-ring (bicyclic) bond motifs is 1. The van der Waals surface area contributed by atoms with E-state index < -0.39 is 12.1 Å². The summed E-state index contributed by atoms with van der Waals surface area (Å²) in [5.41, 5.74) is 2.31. The lowest BCUT2D eigenvalue weighted by molar-refractivity contribution is -0.126. The first-order valence-electron chi connectivity index (χ1n) is 9.39. The first-order valence-corrected chi connectivity index (χ1v) is 9.39. The molecule has 0 unspecified atom stereocenters. The standard InChI is InChI=1S/C22H25NO5/c1-5-27-20-13-17(10-11-19(20)26-4)22(25)28-15(3)21(24)23-14(2)12-16-8-6-7-9-18(16)23/h6-11,13-15H,5,12H2,1-4H3/t14-,15-/m1/s1. The van der Waals surface area contributed by atoms with Gasteiger partial charge in [-0.25, -0.2) is 4.79 Å². The summed E-state index contributed by atoms with van der Waals surface area (Å²) in [6.07, 6.45) is -0.113. The molecule has 6 nitrogen and oxygen atoms in total. The number of carbonyl (C=O) groups excluding carboxylic acids is 2. The molecule has 0 bridgehead atoms. The number of ether oxygens (including phenoxy) is 3. The van der Waals surface area contributed by atoms with Gasteiger partial charge in [-0.05, 0) is 57.0 Å². The minimum absolute atomic E-state index is 0.0246. The summed E-state index contributed by atoms with van der Waals surface area (Å²) in [6.45, 7) is 5.88. The average molecular weight is 383 g/mol. The fourth-order valence-corrected chi connectivity index (χ4v) is 3.45. The van der Waals surface area contributed by atoms with Crippen molar-refractivity contribution in [1.29, 1.82) is 0 Å². The van der Waals surface area contributed by atoms with E-state index in [4.69, 9.17) is 14.2 Å². The van der Waals surface area contributed by atoms with Crippen LogP contribution < -0.4 is 14.4 Å². The van der Waals surface area contributed by atoms with Crippen molar-refractivity contribution in [3.63, 3.8) is 0 Å². The number of methoxy groups -OCH3 is 1. The normalized spacial score (nSPS) is 16.3. The summed E-state index contributed by atoms with van der Waals surface area (Å²) >= 11 is 0. The topological polar surface area (TPSA) is 65.1 Å². The molecule has 2 atom stereocenters. The highest BCUT2D eigenvalue weighted by molar-refractivity contribution is 6.01. The monoisotopic (exact) mass is 383 g/mol. The van der Waals surface area contributed by atoms with E-state index in [1.165, 1.54) is 7.11 Å². The fourth-order valence-electron chi connectivity index (χ4n) is 3.45. The average Bonchev–Trinajstić information content (AvgIpc) is 3.03. The Morgan fingerprint density at radius 3 is 2.64 bits per heavy atom. The van der Waals surface area contributed by atoms with E-state index in [1.54, 1.807) is 30.0 Å². The van der Waals surface area contributed by atoms with Crippen LogP contribution in [0.3, 0.4) is 0 Å². The zero-order valence-corrected chi connectivity index (χ0v) is 16.6. The van der Waals surface area contributed by atoms with Crippen LogP contribution in [-0.2, 0) is 16.0 Å². The predicted octanol–water partition coefficient (Wildman–Crippen LogP) is 3.62. The molecule has 1 aliphatic heterocycles. The van der Waals surface area contributed by atoms with Crippen LogP contribution in [0.5, 0.6) is 11.5 Å². The van der Waals surface area contributed by atoms with Crippen molar-refractivity contribution in [1.82, 2.24) is 0 Å². The lowest BCUT2D eigenvalue weighted by Gasteiger charge is -2.26. The number of nitrogens with zero attached hydrogens (tertiary/aromatic N) is 1. The zero-order chi connectivity index (χ0) is 20.3. The Hall–Kier alpha value is -3.02. The number of hydrogen-bond donors (Lipinski definition) is 0. The molecule has 0 saturated heterocycles. The van der Waals surface area contributed by atoms with Crippen LogP contribution in [0.25, 0.3) is 0 Å². The van der Waals surface area contributed by atoms with Crippen LogP contribution in [0.15, 0.2) is 42.5 Å². The van der Waals surface area contributed by atoms with Crippen LogP contribution in [0.4, 0.5) is 5.69 Å². The van der Waals surface area contributed by atoms with Crippen LogP contribution in [-0.4, -0.2) is 37.7 Å². The Morgan fingerprint density at radius 1 is 1.18 bits per heavy atom. The van der Waals surface area contributed by atoms with Gasteiger partial charge < -0.3 is 19.1 Å². The Morgan fingerprint density at radius 2 is 1.93 bits per heavy atom. The van der Waals surface area contributed by atoms with Crippen molar-refractivity contribution in [2.45, 2.75) is 39.3 Å². The summed E-state index contributed by atoms with van der Waals surface area (Å²) in [4.78, 5) is 27.2. The number of rotatable bonds is 6. The first-order chi connectivity index (χ1) is 13.5. The van der Waals surface area contributed by atoms with Crippen LogP contribution in [0.2, 0.25) is 0 Å². The van der Waals surface area contributed by atoms with Crippen molar-refractivity contribution in [3.8, 4) is 11.5 Å². The van der Waals surface area contributed by atoms with Gasteiger partial charge in [0.2, 0.25) is 0 Å².